The molecular weight excluding hydrogens is 432 g/mol. The maximum absolute atomic E-state index is 10.9. The first-order valence-corrected chi connectivity index (χ1v) is 11.5. The van der Waals surface area contributed by atoms with Gasteiger partial charge in [0.2, 0.25) is 0 Å². The fourth-order valence-corrected chi connectivity index (χ4v) is 3.47. The number of esters is 1. The van der Waals surface area contributed by atoms with Gasteiger partial charge in [0.25, 0.3) is 0 Å². The van der Waals surface area contributed by atoms with Gasteiger partial charge in [-0.2, -0.15) is 0 Å². The van der Waals surface area contributed by atoms with Gasteiger partial charge < -0.3 is 23.7 Å². The maximum Gasteiger partial charge on any atom is 0.330 e. The molecule has 0 saturated heterocycles. The van der Waals surface area contributed by atoms with Crippen LogP contribution < -0.4 is 9.47 Å². The first-order chi connectivity index (χ1) is 16.7. The van der Waals surface area contributed by atoms with Crippen LogP contribution in [0.5, 0.6) is 11.5 Å². The lowest BCUT2D eigenvalue weighted by Crippen LogP contribution is -2.14. The summed E-state index contributed by atoms with van der Waals surface area (Å²) in [6.07, 6.45) is 1.98. The third-order valence-corrected chi connectivity index (χ3v) is 5.12. The molecule has 180 valence electrons. The Morgan fingerprint density at radius 1 is 0.794 bits per heavy atom. The summed E-state index contributed by atoms with van der Waals surface area (Å²) in [6.45, 7) is 8.22. The summed E-state index contributed by atoms with van der Waals surface area (Å²) in [4.78, 5) is 10.9. The molecule has 6 nitrogen and oxygen atoms in total. The zero-order chi connectivity index (χ0) is 24.0. The molecule has 0 heterocycles. The van der Waals surface area contributed by atoms with Crippen LogP contribution in [-0.2, 0) is 25.4 Å². The van der Waals surface area contributed by atoms with Crippen LogP contribution in [0.1, 0.15) is 11.1 Å². The molecule has 6 heteroatoms. The van der Waals surface area contributed by atoms with Crippen molar-refractivity contribution in [2.24, 2.45) is 0 Å². The fraction of sp³-hybridized carbons (Fsp3) is 0.321. The standard InChI is InChI=1S/C28H32O6/c1-3-27(29)33-19-17-30-15-16-31-18-20-34-28-22(2)21-26(24-11-7-8-12-25(24)28)32-14-13-23-9-5-4-6-10-23/h3-12,21H,1,13-20H2,2H3. The lowest BCUT2D eigenvalue weighted by molar-refractivity contribution is -0.139. The quantitative estimate of drug-likeness (QED) is 0.181. The molecule has 3 rings (SSSR count). The Labute approximate surface area is 201 Å². The van der Waals surface area contributed by atoms with Crippen LogP contribution in [0.15, 0.2) is 73.3 Å². The van der Waals surface area contributed by atoms with Crippen LogP contribution in [0.4, 0.5) is 0 Å². The van der Waals surface area contributed by atoms with Gasteiger partial charge in [0, 0.05) is 23.3 Å². The molecular formula is C28H32O6. The van der Waals surface area contributed by atoms with Crippen molar-refractivity contribution < 1.29 is 28.5 Å². The number of ether oxygens (including phenoxy) is 5. The van der Waals surface area contributed by atoms with Gasteiger partial charge in [-0.15, -0.1) is 0 Å². The van der Waals surface area contributed by atoms with E-state index in [1.165, 1.54) is 5.56 Å². The van der Waals surface area contributed by atoms with Gasteiger partial charge >= 0.3 is 5.97 Å². The van der Waals surface area contributed by atoms with Crippen molar-refractivity contribution in [1.29, 1.82) is 0 Å². The van der Waals surface area contributed by atoms with Crippen LogP contribution in [-0.4, -0.2) is 52.2 Å². The van der Waals surface area contributed by atoms with Crippen molar-refractivity contribution in [2.75, 3.05) is 46.2 Å². The number of rotatable bonds is 15. The topological polar surface area (TPSA) is 63.2 Å². The van der Waals surface area contributed by atoms with Crippen LogP contribution in [0, 0.1) is 6.92 Å². The molecule has 3 aromatic carbocycles. The predicted molar refractivity (Wildman–Crippen MR) is 133 cm³/mol. The minimum atomic E-state index is -0.452. The number of hydrogen-bond donors (Lipinski definition) is 0. The normalized spacial score (nSPS) is 10.7. The Hall–Kier alpha value is -3.35. The second-order valence-electron chi connectivity index (χ2n) is 7.60. The highest BCUT2D eigenvalue weighted by Gasteiger charge is 2.12. The molecule has 0 radical (unpaired) electrons. The highest BCUT2D eigenvalue weighted by Crippen LogP contribution is 2.36. The summed E-state index contributed by atoms with van der Waals surface area (Å²) in [6, 6.07) is 20.5. The van der Waals surface area contributed by atoms with Crippen molar-refractivity contribution in [3.8, 4) is 11.5 Å². The fourth-order valence-electron chi connectivity index (χ4n) is 3.47. The van der Waals surface area contributed by atoms with Crippen molar-refractivity contribution in [1.82, 2.24) is 0 Å². The van der Waals surface area contributed by atoms with E-state index >= 15 is 0 Å². The van der Waals surface area contributed by atoms with E-state index in [0.717, 1.165) is 40.3 Å². The van der Waals surface area contributed by atoms with Crippen molar-refractivity contribution in [3.63, 3.8) is 0 Å². The number of aryl methyl sites for hydroxylation is 1. The number of benzene rings is 3. The molecule has 0 unspecified atom stereocenters. The van der Waals surface area contributed by atoms with Crippen LogP contribution in [0.2, 0.25) is 0 Å². The van der Waals surface area contributed by atoms with E-state index in [1.54, 1.807) is 0 Å². The van der Waals surface area contributed by atoms with Gasteiger partial charge in [0.1, 0.15) is 24.7 Å². The van der Waals surface area contributed by atoms with Gasteiger partial charge in [-0.3, -0.25) is 0 Å². The van der Waals surface area contributed by atoms with Crippen LogP contribution in [0.25, 0.3) is 10.8 Å². The summed E-state index contributed by atoms with van der Waals surface area (Å²) >= 11 is 0. The second-order valence-corrected chi connectivity index (χ2v) is 7.60. The number of fused-ring (bicyclic) bond motifs is 1. The molecule has 0 amide bonds. The van der Waals surface area contributed by atoms with Crippen molar-refractivity contribution >= 4 is 16.7 Å². The molecule has 0 aliphatic rings. The van der Waals surface area contributed by atoms with E-state index in [2.05, 4.69) is 30.8 Å². The molecule has 0 aromatic heterocycles. The molecule has 0 saturated carbocycles. The molecule has 0 aliphatic carbocycles. The zero-order valence-electron chi connectivity index (χ0n) is 19.7. The predicted octanol–water partition coefficient (Wildman–Crippen LogP) is 4.91. The molecule has 3 aromatic rings. The highest BCUT2D eigenvalue weighted by atomic mass is 16.6. The number of carbonyl (C=O) groups excluding carboxylic acids is 1. The van der Waals surface area contributed by atoms with E-state index in [-0.39, 0.29) is 6.61 Å². The minimum Gasteiger partial charge on any atom is -0.493 e. The third kappa shape index (κ3) is 7.90. The first-order valence-electron chi connectivity index (χ1n) is 11.5. The zero-order valence-corrected chi connectivity index (χ0v) is 19.7. The van der Waals surface area contributed by atoms with Gasteiger partial charge in [-0.1, -0.05) is 61.2 Å². The Morgan fingerprint density at radius 3 is 2.18 bits per heavy atom. The highest BCUT2D eigenvalue weighted by molar-refractivity contribution is 5.94. The lowest BCUT2D eigenvalue weighted by Gasteiger charge is -2.16. The molecule has 0 bridgehead atoms. The van der Waals surface area contributed by atoms with Crippen LogP contribution >= 0.6 is 0 Å². The number of hydrogen-bond acceptors (Lipinski definition) is 6. The summed E-state index contributed by atoms with van der Waals surface area (Å²) in [5.74, 6) is 1.25. The van der Waals surface area contributed by atoms with E-state index in [1.807, 2.05) is 43.3 Å². The smallest absolute Gasteiger partial charge is 0.330 e. The molecule has 0 fully saturated rings. The molecule has 0 N–H and O–H groups in total. The lowest BCUT2D eigenvalue weighted by atomic mass is 10.0. The van der Waals surface area contributed by atoms with Gasteiger partial charge in [0.05, 0.1) is 33.0 Å². The third-order valence-electron chi connectivity index (χ3n) is 5.12. The summed E-state index contributed by atoms with van der Waals surface area (Å²) < 4.78 is 28.0. The second kappa shape index (κ2) is 14.0. The Bertz CT molecular complexity index is 1050. The molecule has 0 aliphatic heterocycles. The first kappa shape index (κ1) is 25.3. The summed E-state index contributed by atoms with van der Waals surface area (Å²) in [7, 11) is 0. The summed E-state index contributed by atoms with van der Waals surface area (Å²) in [5.41, 5.74) is 2.27. The largest absolute Gasteiger partial charge is 0.493 e. The van der Waals surface area contributed by atoms with E-state index in [9.17, 15) is 4.79 Å². The van der Waals surface area contributed by atoms with Crippen molar-refractivity contribution in [3.05, 3.63) is 84.4 Å². The Kier molecular flexibility index (Phi) is 10.4. The monoisotopic (exact) mass is 464 g/mol. The maximum atomic E-state index is 10.9. The molecule has 0 spiro atoms. The van der Waals surface area contributed by atoms with Crippen LogP contribution in [0.3, 0.4) is 0 Å². The molecule has 34 heavy (non-hydrogen) atoms. The average Bonchev–Trinajstić information content (AvgIpc) is 2.87. The van der Waals surface area contributed by atoms with Gasteiger partial charge in [-0.25, -0.2) is 4.79 Å². The summed E-state index contributed by atoms with van der Waals surface area (Å²) in [5, 5.41) is 2.05. The van der Waals surface area contributed by atoms with Gasteiger partial charge in [0.15, 0.2) is 0 Å². The average molecular weight is 465 g/mol. The molecule has 0 atom stereocenters. The minimum absolute atomic E-state index is 0.201. The van der Waals surface area contributed by atoms with E-state index in [0.29, 0.717) is 39.6 Å². The Balaban J connectivity index is 1.44. The van der Waals surface area contributed by atoms with Crippen molar-refractivity contribution in [2.45, 2.75) is 13.3 Å². The van der Waals surface area contributed by atoms with E-state index in [4.69, 9.17) is 23.7 Å². The SMILES string of the molecule is C=CC(=O)OCCOCCOCCOc1c(C)cc(OCCc2ccccc2)c2ccccc12. The van der Waals surface area contributed by atoms with Gasteiger partial charge in [-0.05, 0) is 24.1 Å². The number of carbonyl (C=O) groups is 1. The Morgan fingerprint density at radius 2 is 1.44 bits per heavy atom. The van der Waals surface area contributed by atoms with E-state index < -0.39 is 5.97 Å².